The standard InChI is InChI=1S/C16H17N5O/c1-2-8-17-16(6-1)21-15-5-3-4-14(13(15)11-19-21)18-10-12-7-9-22-20-12/h1-2,6-9,11,14,18H,3-5,10H2/t14-/m1/s1. The SMILES string of the molecule is c1ccc(-n2ncc3c2CCC[C@H]3NCc2ccon2)nc1. The van der Waals surface area contributed by atoms with Gasteiger partial charge in [-0.3, -0.25) is 0 Å². The van der Waals surface area contributed by atoms with Gasteiger partial charge in [0.05, 0.1) is 17.6 Å². The molecule has 0 aromatic carbocycles. The highest BCUT2D eigenvalue weighted by atomic mass is 16.5. The van der Waals surface area contributed by atoms with Gasteiger partial charge in [-0.25, -0.2) is 9.67 Å². The monoisotopic (exact) mass is 295 g/mol. The van der Waals surface area contributed by atoms with E-state index in [2.05, 4.69) is 20.6 Å². The van der Waals surface area contributed by atoms with Gasteiger partial charge in [0.25, 0.3) is 0 Å². The van der Waals surface area contributed by atoms with Crippen LogP contribution in [0.1, 0.15) is 35.8 Å². The number of rotatable bonds is 4. The number of hydrogen-bond acceptors (Lipinski definition) is 5. The summed E-state index contributed by atoms with van der Waals surface area (Å²) in [5.74, 6) is 0.876. The van der Waals surface area contributed by atoms with Gasteiger partial charge in [0.1, 0.15) is 6.26 Å². The van der Waals surface area contributed by atoms with Crippen LogP contribution in [-0.2, 0) is 13.0 Å². The predicted molar refractivity (Wildman–Crippen MR) is 80.4 cm³/mol. The molecule has 3 aromatic heterocycles. The quantitative estimate of drug-likeness (QED) is 0.800. The number of hydrogen-bond donors (Lipinski definition) is 1. The molecule has 0 fully saturated rings. The Morgan fingerprint density at radius 2 is 2.32 bits per heavy atom. The summed E-state index contributed by atoms with van der Waals surface area (Å²) < 4.78 is 6.83. The molecule has 1 aliphatic carbocycles. The Hall–Kier alpha value is -2.47. The highest BCUT2D eigenvalue weighted by molar-refractivity contribution is 5.32. The molecular formula is C16H17N5O. The summed E-state index contributed by atoms with van der Waals surface area (Å²) >= 11 is 0. The van der Waals surface area contributed by atoms with Crippen LogP contribution in [0.25, 0.3) is 5.82 Å². The van der Waals surface area contributed by atoms with Crippen LogP contribution in [0.15, 0.2) is 47.4 Å². The molecule has 4 rings (SSSR count). The zero-order valence-electron chi connectivity index (χ0n) is 12.1. The minimum atomic E-state index is 0.304. The summed E-state index contributed by atoms with van der Waals surface area (Å²) in [5.41, 5.74) is 3.44. The first-order chi connectivity index (χ1) is 10.9. The Morgan fingerprint density at radius 1 is 1.32 bits per heavy atom. The van der Waals surface area contributed by atoms with Gasteiger partial charge in [-0.1, -0.05) is 11.2 Å². The van der Waals surface area contributed by atoms with E-state index in [9.17, 15) is 0 Å². The lowest BCUT2D eigenvalue weighted by Crippen LogP contribution is -2.25. The summed E-state index contributed by atoms with van der Waals surface area (Å²) in [6.45, 7) is 0.704. The summed E-state index contributed by atoms with van der Waals surface area (Å²) in [6, 6.07) is 8.08. The zero-order valence-corrected chi connectivity index (χ0v) is 12.1. The van der Waals surface area contributed by atoms with E-state index in [1.54, 1.807) is 12.5 Å². The van der Waals surface area contributed by atoms with Crippen LogP contribution in [0.3, 0.4) is 0 Å². The van der Waals surface area contributed by atoms with E-state index in [-0.39, 0.29) is 0 Å². The molecule has 0 amide bonds. The maximum absolute atomic E-state index is 4.87. The first-order valence-corrected chi connectivity index (χ1v) is 7.52. The molecule has 0 unspecified atom stereocenters. The van der Waals surface area contributed by atoms with Gasteiger partial charge in [-0.15, -0.1) is 0 Å². The molecule has 22 heavy (non-hydrogen) atoms. The number of nitrogens with one attached hydrogen (secondary N) is 1. The van der Waals surface area contributed by atoms with E-state index >= 15 is 0 Å². The molecule has 6 nitrogen and oxygen atoms in total. The molecule has 3 aromatic rings. The fourth-order valence-corrected chi connectivity index (χ4v) is 3.00. The van der Waals surface area contributed by atoms with Crippen molar-refractivity contribution >= 4 is 0 Å². The lowest BCUT2D eigenvalue weighted by molar-refractivity contribution is 0.398. The average Bonchev–Trinajstić information content (AvgIpc) is 3.23. The number of nitrogens with zero attached hydrogens (tertiary/aromatic N) is 4. The molecule has 0 saturated carbocycles. The molecule has 0 radical (unpaired) electrons. The highest BCUT2D eigenvalue weighted by Gasteiger charge is 2.24. The molecule has 0 saturated heterocycles. The predicted octanol–water partition coefficient (Wildman–Crippen LogP) is 2.42. The van der Waals surface area contributed by atoms with Gasteiger partial charge < -0.3 is 9.84 Å². The van der Waals surface area contributed by atoms with Crippen molar-refractivity contribution in [2.24, 2.45) is 0 Å². The van der Waals surface area contributed by atoms with Crippen molar-refractivity contribution in [3.8, 4) is 5.82 Å². The van der Waals surface area contributed by atoms with Gasteiger partial charge in [0.2, 0.25) is 0 Å². The minimum Gasteiger partial charge on any atom is -0.364 e. The third kappa shape index (κ3) is 2.42. The molecule has 6 heteroatoms. The molecule has 3 heterocycles. The first kappa shape index (κ1) is 13.2. The number of aromatic nitrogens is 4. The normalized spacial score (nSPS) is 17.4. The van der Waals surface area contributed by atoms with E-state index in [0.29, 0.717) is 12.6 Å². The summed E-state index contributed by atoms with van der Waals surface area (Å²) in [5, 5.41) is 12.0. The molecule has 0 aliphatic heterocycles. The number of pyridine rings is 1. The molecular weight excluding hydrogens is 278 g/mol. The third-order valence-electron chi connectivity index (χ3n) is 4.07. The van der Waals surface area contributed by atoms with Crippen molar-refractivity contribution in [2.45, 2.75) is 31.8 Å². The smallest absolute Gasteiger partial charge is 0.153 e. The minimum absolute atomic E-state index is 0.304. The van der Waals surface area contributed by atoms with Crippen molar-refractivity contribution in [1.82, 2.24) is 25.2 Å². The van der Waals surface area contributed by atoms with E-state index in [1.807, 2.05) is 35.1 Å². The van der Waals surface area contributed by atoms with Crippen LogP contribution in [0.5, 0.6) is 0 Å². The molecule has 1 atom stereocenters. The third-order valence-corrected chi connectivity index (χ3v) is 4.07. The topological polar surface area (TPSA) is 68.8 Å². The molecule has 1 N–H and O–H groups in total. The molecule has 112 valence electrons. The van der Waals surface area contributed by atoms with E-state index in [0.717, 1.165) is 30.8 Å². The largest absolute Gasteiger partial charge is 0.364 e. The second kappa shape index (κ2) is 5.73. The van der Waals surface area contributed by atoms with Crippen molar-refractivity contribution in [3.63, 3.8) is 0 Å². The van der Waals surface area contributed by atoms with Crippen molar-refractivity contribution < 1.29 is 4.52 Å². The van der Waals surface area contributed by atoms with Gasteiger partial charge in [0.15, 0.2) is 5.82 Å². The maximum Gasteiger partial charge on any atom is 0.153 e. The molecule has 1 aliphatic rings. The Kier molecular flexibility index (Phi) is 3.44. The van der Waals surface area contributed by atoms with Gasteiger partial charge in [0, 0.05) is 30.4 Å². The summed E-state index contributed by atoms with van der Waals surface area (Å²) in [4.78, 5) is 4.40. The first-order valence-electron chi connectivity index (χ1n) is 7.52. The van der Waals surface area contributed by atoms with Gasteiger partial charge in [-0.05, 0) is 31.4 Å². The fourth-order valence-electron chi connectivity index (χ4n) is 3.00. The van der Waals surface area contributed by atoms with Crippen LogP contribution in [0, 0.1) is 0 Å². The van der Waals surface area contributed by atoms with Crippen molar-refractivity contribution in [1.29, 1.82) is 0 Å². The van der Waals surface area contributed by atoms with Crippen LogP contribution in [0.2, 0.25) is 0 Å². The highest BCUT2D eigenvalue weighted by Crippen LogP contribution is 2.30. The Labute approximate surface area is 128 Å². The van der Waals surface area contributed by atoms with E-state index in [4.69, 9.17) is 4.52 Å². The lowest BCUT2D eigenvalue weighted by Gasteiger charge is -2.23. The molecule has 0 spiro atoms. The molecule has 0 bridgehead atoms. The van der Waals surface area contributed by atoms with E-state index in [1.165, 1.54) is 11.3 Å². The van der Waals surface area contributed by atoms with Gasteiger partial charge >= 0.3 is 0 Å². The zero-order chi connectivity index (χ0) is 14.8. The van der Waals surface area contributed by atoms with Crippen LogP contribution < -0.4 is 5.32 Å². The fraction of sp³-hybridized carbons (Fsp3) is 0.312. The Balaban J connectivity index is 1.58. The second-order valence-corrected chi connectivity index (χ2v) is 5.46. The van der Waals surface area contributed by atoms with E-state index < -0.39 is 0 Å². The summed E-state index contributed by atoms with van der Waals surface area (Å²) in [6.07, 6.45) is 8.65. The second-order valence-electron chi connectivity index (χ2n) is 5.46. The van der Waals surface area contributed by atoms with Crippen LogP contribution in [-0.4, -0.2) is 19.9 Å². The Morgan fingerprint density at radius 3 is 3.14 bits per heavy atom. The van der Waals surface area contributed by atoms with Crippen molar-refractivity contribution in [3.05, 3.63) is 59.9 Å². The van der Waals surface area contributed by atoms with Gasteiger partial charge in [-0.2, -0.15) is 5.10 Å². The summed E-state index contributed by atoms with van der Waals surface area (Å²) in [7, 11) is 0. The van der Waals surface area contributed by atoms with Crippen molar-refractivity contribution in [2.75, 3.05) is 0 Å². The average molecular weight is 295 g/mol. The van der Waals surface area contributed by atoms with Crippen LogP contribution in [0.4, 0.5) is 0 Å². The number of fused-ring (bicyclic) bond motifs is 1. The Bertz CT molecular complexity index is 735. The maximum atomic E-state index is 4.87. The van der Waals surface area contributed by atoms with Crippen LogP contribution >= 0.6 is 0 Å². The lowest BCUT2D eigenvalue weighted by atomic mass is 9.93.